The van der Waals surface area contributed by atoms with Crippen molar-refractivity contribution in [3.8, 4) is 5.69 Å². The summed E-state index contributed by atoms with van der Waals surface area (Å²) >= 11 is 15.7. The largest absolute Gasteiger partial charge is 0.475 e. The average Bonchev–Trinajstić information content (AvgIpc) is 2.72. The standard InChI is InChI=1S/C12H10BrCl2N3O2/c1-5(2)11-16-10(12(19)20)17-18(11)9-7(14)3-6(13)4-8(9)15/h3-5H,1-2H3,(H,19,20). The maximum atomic E-state index is 11.0. The van der Waals surface area contributed by atoms with Crippen LogP contribution in [0.5, 0.6) is 0 Å². The Balaban J connectivity index is 2.72. The Morgan fingerprint density at radius 3 is 2.35 bits per heavy atom. The van der Waals surface area contributed by atoms with Gasteiger partial charge in [0.05, 0.1) is 10.0 Å². The van der Waals surface area contributed by atoms with Crippen LogP contribution < -0.4 is 0 Å². The van der Waals surface area contributed by atoms with Crippen LogP contribution in [0.3, 0.4) is 0 Å². The van der Waals surface area contributed by atoms with E-state index < -0.39 is 5.97 Å². The van der Waals surface area contributed by atoms with Crippen molar-refractivity contribution in [2.75, 3.05) is 0 Å². The van der Waals surface area contributed by atoms with Crippen LogP contribution in [0.1, 0.15) is 36.2 Å². The zero-order chi connectivity index (χ0) is 15.0. The molecule has 2 aromatic rings. The fraction of sp³-hybridized carbons (Fsp3) is 0.250. The van der Waals surface area contributed by atoms with Gasteiger partial charge in [-0.3, -0.25) is 0 Å². The Bertz CT molecular complexity index is 662. The number of aromatic nitrogens is 3. The maximum absolute atomic E-state index is 11.0. The molecular weight excluding hydrogens is 369 g/mol. The van der Waals surface area contributed by atoms with Gasteiger partial charge in [0.25, 0.3) is 5.82 Å². The second kappa shape index (κ2) is 5.71. The number of carboxylic acids is 1. The van der Waals surface area contributed by atoms with E-state index in [2.05, 4.69) is 26.0 Å². The molecule has 5 nitrogen and oxygen atoms in total. The first kappa shape index (κ1) is 15.3. The van der Waals surface area contributed by atoms with Gasteiger partial charge in [-0.2, -0.15) is 0 Å². The molecule has 0 radical (unpaired) electrons. The lowest BCUT2D eigenvalue weighted by molar-refractivity contribution is 0.0683. The Morgan fingerprint density at radius 1 is 1.35 bits per heavy atom. The molecule has 20 heavy (non-hydrogen) atoms. The van der Waals surface area contributed by atoms with E-state index in [4.69, 9.17) is 28.3 Å². The predicted molar refractivity (Wildman–Crippen MR) is 80.1 cm³/mol. The molecule has 0 spiro atoms. The first-order chi connectivity index (χ1) is 9.31. The number of rotatable bonds is 3. The number of aromatic carboxylic acids is 1. The van der Waals surface area contributed by atoms with Crippen LogP contribution >= 0.6 is 39.1 Å². The quantitative estimate of drug-likeness (QED) is 0.870. The lowest BCUT2D eigenvalue weighted by atomic mass is 10.2. The normalized spacial score (nSPS) is 11.1. The van der Waals surface area contributed by atoms with Crippen molar-refractivity contribution in [2.24, 2.45) is 0 Å². The lowest BCUT2D eigenvalue weighted by Gasteiger charge is -2.12. The van der Waals surface area contributed by atoms with Crippen molar-refractivity contribution in [3.63, 3.8) is 0 Å². The molecule has 0 unspecified atom stereocenters. The first-order valence-corrected chi connectivity index (χ1v) is 7.21. The van der Waals surface area contributed by atoms with Gasteiger partial charge in [-0.1, -0.05) is 53.0 Å². The molecule has 0 amide bonds. The van der Waals surface area contributed by atoms with E-state index in [1.165, 1.54) is 4.68 Å². The molecule has 0 bridgehead atoms. The van der Waals surface area contributed by atoms with Crippen LogP contribution in [0.15, 0.2) is 16.6 Å². The first-order valence-electron chi connectivity index (χ1n) is 5.66. The molecular formula is C12H10BrCl2N3O2. The summed E-state index contributed by atoms with van der Waals surface area (Å²) in [5.41, 5.74) is 0.417. The highest BCUT2D eigenvalue weighted by Gasteiger charge is 2.22. The van der Waals surface area contributed by atoms with Crippen LogP contribution in [0.25, 0.3) is 5.69 Å². The molecule has 0 saturated heterocycles. The van der Waals surface area contributed by atoms with Gasteiger partial charge in [-0.15, -0.1) is 5.10 Å². The van der Waals surface area contributed by atoms with Crippen LogP contribution in [0, 0.1) is 0 Å². The summed E-state index contributed by atoms with van der Waals surface area (Å²) in [5.74, 6) is -1.04. The topological polar surface area (TPSA) is 68.0 Å². The zero-order valence-corrected chi connectivity index (χ0v) is 13.7. The Hall–Kier alpha value is -1.11. The minimum absolute atomic E-state index is 0.0358. The number of halogens is 3. The van der Waals surface area contributed by atoms with E-state index in [9.17, 15) is 4.79 Å². The number of carbonyl (C=O) groups is 1. The molecule has 0 aliphatic carbocycles. The van der Waals surface area contributed by atoms with E-state index >= 15 is 0 Å². The highest BCUT2D eigenvalue weighted by molar-refractivity contribution is 9.10. The summed E-state index contributed by atoms with van der Waals surface area (Å²) < 4.78 is 2.10. The van der Waals surface area contributed by atoms with Crippen LogP contribution in [0.2, 0.25) is 10.0 Å². The molecule has 0 aliphatic heterocycles. The van der Waals surface area contributed by atoms with Gasteiger partial charge in [0.1, 0.15) is 11.5 Å². The molecule has 1 N–H and O–H groups in total. The third-order valence-corrected chi connectivity index (χ3v) is 3.57. The predicted octanol–water partition coefficient (Wildman–Crippen LogP) is 4.16. The van der Waals surface area contributed by atoms with E-state index in [0.29, 0.717) is 21.6 Å². The molecule has 106 valence electrons. The summed E-state index contributed by atoms with van der Waals surface area (Å²) in [4.78, 5) is 15.0. The average molecular weight is 379 g/mol. The van der Waals surface area contributed by atoms with Crippen LogP contribution in [-0.2, 0) is 0 Å². The van der Waals surface area contributed by atoms with Crippen LogP contribution in [-0.4, -0.2) is 25.8 Å². The number of hydrogen-bond acceptors (Lipinski definition) is 3. The maximum Gasteiger partial charge on any atom is 0.375 e. The van der Waals surface area contributed by atoms with Crippen LogP contribution in [0.4, 0.5) is 0 Å². The van der Waals surface area contributed by atoms with Crippen molar-refractivity contribution in [1.82, 2.24) is 14.8 Å². The summed E-state index contributed by atoms with van der Waals surface area (Å²) in [6.07, 6.45) is 0. The zero-order valence-electron chi connectivity index (χ0n) is 10.6. The fourth-order valence-corrected chi connectivity index (χ4v) is 3.06. The SMILES string of the molecule is CC(C)c1nc(C(=O)O)nn1-c1c(Cl)cc(Br)cc1Cl. The second-order valence-corrected chi connectivity index (χ2v) is 6.11. The van der Waals surface area contributed by atoms with Gasteiger partial charge in [0, 0.05) is 10.4 Å². The Labute approximate surface area is 133 Å². The van der Waals surface area contributed by atoms with Crippen molar-refractivity contribution in [2.45, 2.75) is 19.8 Å². The summed E-state index contributed by atoms with van der Waals surface area (Å²) in [6.45, 7) is 3.76. The summed E-state index contributed by atoms with van der Waals surface area (Å²) in [7, 11) is 0. The van der Waals surface area contributed by atoms with E-state index in [1.807, 2.05) is 13.8 Å². The molecule has 2 rings (SSSR count). The molecule has 8 heteroatoms. The van der Waals surface area contributed by atoms with E-state index in [1.54, 1.807) is 12.1 Å². The van der Waals surface area contributed by atoms with Crippen molar-refractivity contribution >= 4 is 45.1 Å². The molecule has 0 aliphatic rings. The second-order valence-electron chi connectivity index (χ2n) is 4.38. The monoisotopic (exact) mass is 377 g/mol. The van der Waals surface area contributed by atoms with E-state index in [0.717, 1.165) is 4.47 Å². The summed E-state index contributed by atoms with van der Waals surface area (Å²) in [6, 6.07) is 3.32. The Kier molecular flexibility index (Phi) is 4.36. The highest BCUT2D eigenvalue weighted by atomic mass is 79.9. The molecule has 1 aromatic heterocycles. The number of hydrogen-bond donors (Lipinski definition) is 1. The van der Waals surface area contributed by atoms with Gasteiger partial charge in [0.15, 0.2) is 0 Å². The molecule has 1 aromatic carbocycles. The highest BCUT2D eigenvalue weighted by Crippen LogP contribution is 2.33. The molecule has 1 heterocycles. The van der Waals surface area contributed by atoms with Gasteiger partial charge >= 0.3 is 5.97 Å². The molecule has 0 atom stereocenters. The molecule has 0 saturated carbocycles. The minimum atomic E-state index is -1.20. The van der Waals surface area contributed by atoms with Gasteiger partial charge in [0.2, 0.25) is 0 Å². The minimum Gasteiger partial charge on any atom is -0.475 e. The van der Waals surface area contributed by atoms with Gasteiger partial charge in [-0.05, 0) is 12.1 Å². The van der Waals surface area contributed by atoms with Crippen molar-refractivity contribution < 1.29 is 9.90 Å². The summed E-state index contributed by atoms with van der Waals surface area (Å²) in [5, 5.41) is 13.7. The Morgan fingerprint density at radius 2 is 1.90 bits per heavy atom. The third-order valence-electron chi connectivity index (χ3n) is 2.53. The number of nitrogens with zero attached hydrogens (tertiary/aromatic N) is 3. The van der Waals surface area contributed by atoms with Crippen molar-refractivity contribution in [3.05, 3.63) is 38.3 Å². The van der Waals surface area contributed by atoms with E-state index in [-0.39, 0.29) is 11.7 Å². The third kappa shape index (κ3) is 2.82. The fourth-order valence-electron chi connectivity index (χ4n) is 1.69. The van der Waals surface area contributed by atoms with Gasteiger partial charge in [-0.25, -0.2) is 14.5 Å². The van der Waals surface area contributed by atoms with Gasteiger partial charge < -0.3 is 5.11 Å². The number of benzene rings is 1. The van der Waals surface area contributed by atoms with Crippen molar-refractivity contribution in [1.29, 1.82) is 0 Å². The molecule has 0 fully saturated rings. The smallest absolute Gasteiger partial charge is 0.375 e. The number of carboxylic acid groups (broad SMARTS) is 1. The lowest BCUT2D eigenvalue weighted by Crippen LogP contribution is -2.06.